The summed E-state index contributed by atoms with van der Waals surface area (Å²) in [5, 5.41) is 12.1. The largest absolute Gasteiger partial charge is 0.480 e. The highest BCUT2D eigenvalue weighted by Crippen LogP contribution is 2.35. The maximum atomic E-state index is 11.1. The van der Waals surface area contributed by atoms with Crippen molar-refractivity contribution in [3.8, 4) is 0 Å². The van der Waals surface area contributed by atoms with Gasteiger partial charge in [-0.25, -0.2) is 0 Å². The van der Waals surface area contributed by atoms with Crippen molar-refractivity contribution >= 4 is 5.97 Å². The van der Waals surface area contributed by atoms with E-state index in [2.05, 4.69) is 26.1 Å². The molecule has 4 heteroatoms. The van der Waals surface area contributed by atoms with Gasteiger partial charge in [0.05, 0.1) is 6.10 Å². The highest BCUT2D eigenvalue weighted by molar-refractivity contribution is 5.73. The predicted octanol–water partition coefficient (Wildman–Crippen LogP) is 2.92. The zero-order valence-electron chi connectivity index (χ0n) is 13.4. The van der Waals surface area contributed by atoms with E-state index >= 15 is 0 Å². The molecule has 1 aliphatic rings. The van der Waals surface area contributed by atoms with Crippen LogP contribution in [0, 0.1) is 17.8 Å². The number of carbonyl (C=O) groups is 1. The monoisotopic (exact) mass is 285 g/mol. The van der Waals surface area contributed by atoms with E-state index in [1.807, 2.05) is 6.92 Å². The second-order valence-corrected chi connectivity index (χ2v) is 6.47. The summed E-state index contributed by atoms with van der Waals surface area (Å²) in [6.45, 7) is 9.93. The van der Waals surface area contributed by atoms with Crippen LogP contribution in [0.4, 0.5) is 0 Å². The van der Waals surface area contributed by atoms with Crippen LogP contribution in [0.3, 0.4) is 0 Å². The van der Waals surface area contributed by atoms with Crippen molar-refractivity contribution in [3.05, 3.63) is 0 Å². The van der Waals surface area contributed by atoms with Crippen LogP contribution < -0.4 is 5.32 Å². The van der Waals surface area contributed by atoms with E-state index in [4.69, 9.17) is 9.84 Å². The molecule has 0 aromatic heterocycles. The van der Waals surface area contributed by atoms with Gasteiger partial charge in [0.1, 0.15) is 6.04 Å². The van der Waals surface area contributed by atoms with E-state index in [0.29, 0.717) is 37.5 Å². The quantitative estimate of drug-likeness (QED) is 0.720. The van der Waals surface area contributed by atoms with Crippen LogP contribution in [0.1, 0.15) is 53.4 Å². The Morgan fingerprint density at radius 1 is 1.40 bits per heavy atom. The van der Waals surface area contributed by atoms with Crippen LogP contribution in [0.2, 0.25) is 0 Å². The molecule has 0 aromatic rings. The van der Waals surface area contributed by atoms with Gasteiger partial charge in [-0.3, -0.25) is 4.79 Å². The van der Waals surface area contributed by atoms with Gasteiger partial charge >= 0.3 is 5.97 Å². The summed E-state index contributed by atoms with van der Waals surface area (Å²) in [6.07, 6.45) is 4.48. The third-order valence-corrected chi connectivity index (χ3v) is 4.45. The molecule has 0 spiro atoms. The van der Waals surface area contributed by atoms with Crippen molar-refractivity contribution in [2.75, 3.05) is 13.2 Å². The zero-order valence-corrected chi connectivity index (χ0v) is 13.4. The molecule has 4 atom stereocenters. The first-order valence-corrected chi connectivity index (χ1v) is 8.03. The van der Waals surface area contributed by atoms with Crippen LogP contribution in [-0.4, -0.2) is 36.4 Å². The Balaban J connectivity index is 2.42. The molecule has 0 radical (unpaired) electrons. The molecule has 1 saturated carbocycles. The van der Waals surface area contributed by atoms with E-state index in [9.17, 15) is 4.79 Å². The van der Waals surface area contributed by atoms with Gasteiger partial charge in [-0.2, -0.15) is 0 Å². The molecule has 20 heavy (non-hydrogen) atoms. The number of nitrogens with one attached hydrogen (secondary N) is 1. The molecule has 1 fully saturated rings. The number of aliphatic carboxylic acids is 1. The average Bonchev–Trinajstić information content (AvgIpc) is 2.37. The first-order valence-electron chi connectivity index (χ1n) is 8.03. The zero-order chi connectivity index (χ0) is 15.1. The molecule has 0 aromatic carbocycles. The molecule has 1 aliphatic carbocycles. The standard InChI is InChI=1S/C16H31NO3/c1-5-17-14(16(18)19)8-9-20-15-10-12(4)6-7-13(15)11(2)3/h11-15,17H,5-10H2,1-4H3,(H,18,19). The molecular weight excluding hydrogens is 254 g/mol. The topological polar surface area (TPSA) is 58.6 Å². The minimum atomic E-state index is -0.784. The highest BCUT2D eigenvalue weighted by Gasteiger charge is 2.31. The molecule has 118 valence electrons. The van der Waals surface area contributed by atoms with Gasteiger partial charge in [0.15, 0.2) is 0 Å². The van der Waals surface area contributed by atoms with Gasteiger partial charge in [0, 0.05) is 6.61 Å². The third-order valence-electron chi connectivity index (χ3n) is 4.45. The van der Waals surface area contributed by atoms with Gasteiger partial charge in [-0.15, -0.1) is 0 Å². The minimum absolute atomic E-state index is 0.301. The summed E-state index contributed by atoms with van der Waals surface area (Å²) < 4.78 is 6.05. The van der Waals surface area contributed by atoms with Crippen molar-refractivity contribution in [2.24, 2.45) is 17.8 Å². The summed E-state index contributed by atoms with van der Waals surface area (Å²) in [5.41, 5.74) is 0. The van der Waals surface area contributed by atoms with Gasteiger partial charge in [0.25, 0.3) is 0 Å². The number of ether oxygens (including phenoxy) is 1. The van der Waals surface area contributed by atoms with E-state index in [-0.39, 0.29) is 0 Å². The number of hydrogen-bond donors (Lipinski definition) is 2. The summed E-state index contributed by atoms with van der Waals surface area (Å²) in [5.74, 6) is 1.19. The first kappa shape index (κ1) is 17.4. The minimum Gasteiger partial charge on any atom is -0.480 e. The fourth-order valence-corrected chi connectivity index (χ4v) is 3.20. The molecule has 0 aliphatic heterocycles. The highest BCUT2D eigenvalue weighted by atomic mass is 16.5. The number of carboxylic acid groups (broad SMARTS) is 1. The Morgan fingerprint density at radius 3 is 2.65 bits per heavy atom. The normalized spacial score (nSPS) is 28.6. The van der Waals surface area contributed by atoms with Crippen molar-refractivity contribution in [1.29, 1.82) is 0 Å². The Morgan fingerprint density at radius 2 is 2.10 bits per heavy atom. The fraction of sp³-hybridized carbons (Fsp3) is 0.938. The van der Waals surface area contributed by atoms with E-state index in [0.717, 1.165) is 12.3 Å². The summed E-state index contributed by atoms with van der Waals surface area (Å²) in [4.78, 5) is 11.1. The van der Waals surface area contributed by atoms with E-state index in [1.165, 1.54) is 12.8 Å². The summed E-state index contributed by atoms with van der Waals surface area (Å²) >= 11 is 0. The summed E-state index contributed by atoms with van der Waals surface area (Å²) in [6, 6.07) is -0.487. The Bertz CT molecular complexity index is 293. The molecule has 0 bridgehead atoms. The lowest BCUT2D eigenvalue weighted by Crippen LogP contribution is -2.39. The van der Waals surface area contributed by atoms with Crippen LogP contribution in [-0.2, 0) is 9.53 Å². The van der Waals surface area contributed by atoms with Crippen LogP contribution in [0.25, 0.3) is 0 Å². The Labute approximate surface area is 123 Å². The van der Waals surface area contributed by atoms with Gasteiger partial charge in [-0.1, -0.05) is 34.1 Å². The van der Waals surface area contributed by atoms with E-state index < -0.39 is 12.0 Å². The van der Waals surface area contributed by atoms with Crippen molar-refractivity contribution in [2.45, 2.75) is 65.5 Å². The number of carboxylic acids is 1. The lowest BCUT2D eigenvalue weighted by molar-refractivity contribution is -0.140. The van der Waals surface area contributed by atoms with Crippen LogP contribution in [0.15, 0.2) is 0 Å². The average molecular weight is 285 g/mol. The number of rotatable bonds is 8. The molecule has 0 amide bonds. The Kier molecular flexibility index (Phi) is 7.52. The molecule has 4 unspecified atom stereocenters. The fourth-order valence-electron chi connectivity index (χ4n) is 3.20. The summed E-state index contributed by atoms with van der Waals surface area (Å²) in [7, 11) is 0. The molecule has 1 rings (SSSR count). The van der Waals surface area contributed by atoms with E-state index in [1.54, 1.807) is 0 Å². The van der Waals surface area contributed by atoms with Gasteiger partial charge < -0.3 is 15.2 Å². The second kappa shape index (κ2) is 8.63. The first-order chi connectivity index (χ1) is 9.45. The Hall–Kier alpha value is -0.610. The van der Waals surface area contributed by atoms with Crippen molar-refractivity contribution < 1.29 is 14.6 Å². The lowest BCUT2D eigenvalue weighted by atomic mass is 9.75. The van der Waals surface area contributed by atoms with Gasteiger partial charge in [-0.05, 0) is 43.6 Å². The maximum Gasteiger partial charge on any atom is 0.320 e. The van der Waals surface area contributed by atoms with Crippen LogP contribution in [0.5, 0.6) is 0 Å². The van der Waals surface area contributed by atoms with Crippen molar-refractivity contribution in [3.63, 3.8) is 0 Å². The molecular formula is C16H31NO3. The predicted molar refractivity (Wildman–Crippen MR) is 80.8 cm³/mol. The molecule has 2 N–H and O–H groups in total. The van der Waals surface area contributed by atoms with Crippen LogP contribution >= 0.6 is 0 Å². The second-order valence-electron chi connectivity index (χ2n) is 6.47. The maximum absolute atomic E-state index is 11.1. The smallest absolute Gasteiger partial charge is 0.320 e. The van der Waals surface area contributed by atoms with Gasteiger partial charge in [0.2, 0.25) is 0 Å². The number of likely N-dealkylation sites (N-methyl/N-ethyl adjacent to an activating group) is 1. The lowest BCUT2D eigenvalue weighted by Gasteiger charge is -2.37. The molecule has 4 nitrogen and oxygen atoms in total. The SMILES string of the molecule is CCNC(CCOC1CC(C)CCC1C(C)C)C(=O)O. The molecule has 0 saturated heterocycles. The third kappa shape index (κ3) is 5.41. The van der Waals surface area contributed by atoms with Crippen molar-refractivity contribution in [1.82, 2.24) is 5.32 Å². The molecule has 0 heterocycles. The number of hydrogen-bond acceptors (Lipinski definition) is 3.